The van der Waals surface area contributed by atoms with Gasteiger partial charge in [0.25, 0.3) is 5.91 Å². The standard InChI is InChI=1S/C20H22N2O4/c1-3-4-8-18(20(24)25)22-19(23)16-7-5-6-15(11-16)13-26-17-10-9-14(2)21-12-17/h3-7,9-12,18H,8,13H2,1-2H3,(H,22,23)(H,24,25)/b4-3+. The van der Waals surface area contributed by atoms with Crippen molar-refractivity contribution in [2.45, 2.75) is 32.9 Å². The average Bonchev–Trinajstić information content (AvgIpc) is 2.64. The molecule has 2 aromatic rings. The summed E-state index contributed by atoms with van der Waals surface area (Å²) in [6.45, 7) is 3.98. The number of aryl methyl sites for hydroxylation is 1. The van der Waals surface area contributed by atoms with Crippen molar-refractivity contribution in [3.8, 4) is 5.75 Å². The van der Waals surface area contributed by atoms with Gasteiger partial charge in [-0.2, -0.15) is 0 Å². The molecular weight excluding hydrogens is 332 g/mol. The summed E-state index contributed by atoms with van der Waals surface area (Å²) in [5.41, 5.74) is 2.10. The van der Waals surface area contributed by atoms with Crippen LogP contribution in [0.25, 0.3) is 0 Å². The molecule has 1 atom stereocenters. The van der Waals surface area contributed by atoms with Crippen LogP contribution in [0.15, 0.2) is 54.7 Å². The molecule has 0 bridgehead atoms. The van der Waals surface area contributed by atoms with Gasteiger partial charge in [-0.3, -0.25) is 9.78 Å². The first-order valence-corrected chi connectivity index (χ1v) is 8.29. The molecule has 0 fully saturated rings. The summed E-state index contributed by atoms with van der Waals surface area (Å²) in [7, 11) is 0. The number of hydrogen-bond acceptors (Lipinski definition) is 4. The molecule has 0 aliphatic heterocycles. The van der Waals surface area contributed by atoms with Crippen LogP contribution in [0, 0.1) is 6.92 Å². The number of pyridine rings is 1. The summed E-state index contributed by atoms with van der Waals surface area (Å²) in [6, 6.07) is 9.63. The van der Waals surface area contributed by atoms with Crippen LogP contribution in [0.4, 0.5) is 0 Å². The molecule has 0 saturated carbocycles. The second-order valence-corrected chi connectivity index (χ2v) is 5.79. The second kappa shape index (κ2) is 9.36. The van der Waals surface area contributed by atoms with Crippen LogP contribution >= 0.6 is 0 Å². The first-order chi connectivity index (χ1) is 12.5. The number of amides is 1. The molecule has 6 heteroatoms. The fourth-order valence-corrected chi connectivity index (χ4v) is 2.24. The number of rotatable bonds is 8. The molecular formula is C20H22N2O4. The van der Waals surface area contributed by atoms with E-state index in [1.807, 2.05) is 25.1 Å². The lowest BCUT2D eigenvalue weighted by atomic mass is 10.1. The van der Waals surface area contributed by atoms with E-state index < -0.39 is 17.9 Å². The number of aliphatic carboxylic acids is 1. The van der Waals surface area contributed by atoms with Crippen LogP contribution in [0.2, 0.25) is 0 Å². The van der Waals surface area contributed by atoms with Gasteiger partial charge in [0, 0.05) is 11.3 Å². The van der Waals surface area contributed by atoms with Crippen molar-refractivity contribution < 1.29 is 19.4 Å². The summed E-state index contributed by atoms with van der Waals surface area (Å²) in [6.07, 6.45) is 5.34. The lowest BCUT2D eigenvalue weighted by Gasteiger charge is -2.13. The first-order valence-electron chi connectivity index (χ1n) is 8.29. The maximum Gasteiger partial charge on any atom is 0.326 e. The van der Waals surface area contributed by atoms with Crippen molar-refractivity contribution in [1.82, 2.24) is 10.3 Å². The lowest BCUT2D eigenvalue weighted by Crippen LogP contribution is -2.40. The van der Waals surface area contributed by atoms with Crippen molar-refractivity contribution in [1.29, 1.82) is 0 Å². The minimum atomic E-state index is -1.07. The van der Waals surface area contributed by atoms with Crippen LogP contribution in [0.1, 0.15) is 35.0 Å². The summed E-state index contributed by atoms with van der Waals surface area (Å²) < 4.78 is 5.66. The molecule has 0 aliphatic carbocycles. The molecule has 1 unspecified atom stereocenters. The van der Waals surface area contributed by atoms with Gasteiger partial charge in [0.05, 0.1) is 6.20 Å². The molecule has 26 heavy (non-hydrogen) atoms. The van der Waals surface area contributed by atoms with E-state index in [0.717, 1.165) is 11.3 Å². The number of nitrogens with zero attached hydrogens (tertiary/aromatic N) is 1. The molecule has 6 nitrogen and oxygen atoms in total. The van der Waals surface area contributed by atoms with E-state index in [1.165, 1.54) is 0 Å². The Morgan fingerprint density at radius 1 is 1.31 bits per heavy atom. The minimum Gasteiger partial charge on any atom is -0.487 e. The number of nitrogens with one attached hydrogen (secondary N) is 1. The Hall–Kier alpha value is -3.15. The van der Waals surface area contributed by atoms with Crippen molar-refractivity contribution >= 4 is 11.9 Å². The van der Waals surface area contributed by atoms with E-state index in [2.05, 4.69) is 10.3 Å². The van der Waals surface area contributed by atoms with Gasteiger partial charge in [0.15, 0.2) is 0 Å². The highest BCUT2D eigenvalue weighted by Gasteiger charge is 2.19. The SMILES string of the molecule is C/C=C/CC(NC(=O)c1cccc(COc2ccc(C)nc2)c1)C(=O)O. The minimum absolute atomic E-state index is 0.237. The fraction of sp³-hybridized carbons (Fsp3) is 0.250. The molecule has 1 aromatic heterocycles. The van der Waals surface area contributed by atoms with E-state index in [1.54, 1.807) is 43.5 Å². The number of carboxylic acids is 1. The number of carbonyl (C=O) groups is 2. The van der Waals surface area contributed by atoms with E-state index in [0.29, 0.717) is 11.3 Å². The highest BCUT2D eigenvalue weighted by molar-refractivity contribution is 5.96. The average molecular weight is 354 g/mol. The van der Waals surface area contributed by atoms with Gasteiger partial charge in [-0.25, -0.2) is 4.79 Å². The Kier molecular flexibility index (Phi) is 6.91. The van der Waals surface area contributed by atoms with Crippen LogP contribution < -0.4 is 10.1 Å². The van der Waals surface area contributed by atoms with Crippen LogP contribution in [-0.4, -0.2) is 28.0 Å². The molecule has 0 radical (unpaired) electrons. The Bertz CT molecular complexity index is 785. The van der Waals surface area contributed by atoms with E-state index in [9.17, 15) is 14.7 Å². The third kappa shape index (κ3) is 5.73. The topological polar surface area (TPSA) is 88.5 Å². The highest BCUT2D eigenvalue weighted by Crippen LogP contribution is 2.13. The predicted molar refractivity (Wildman–Crippen MR) is 98.1 cm³/mol. The van der Waals surface area contributed by atoms with Gasteiger partial charge in [0.1, 0.15) is 18.4 Å². The number of aromatic nitrogens is 1. The Morgan fingerprint density at radius 3 is 2.77 bits per heavy atom. The maximum absolute atomic E-state index is 12.3. The molecule has 0 spiro atoms. The largest absolute Gasteiger partial charge is 0.487 e. The van der Waals surface area contributed by atoms with E-state index >= 15 is 0 Å². The van der Waals surface area contributed by atoms with Gasteiger partial charge < -0.3 is 15.2 Å². The number of carboxylic acid groups (broad SMARTS) is 1. The van der Waals surface area contributed by atoms with E-state index in [4.69, 9.17) is 4.74 Å². The Labute approximate surface area is 152 Å². The zero-order valence-electron chi connectivity index (χ0n) is 14.8. The fourth-order valence-electron chi connectivity index (χ4n) is 2.24. The zero-order chi connectivity index (χ0) is 18.9. The number of hydrogen-bond donors (Lipinski definition) is 2. The highest BCUT2D eigenvalue weighted by atomic mass is 16.5. The molecule has 1 aromatic carbocycles. The number of allylic oxidation sites excluding steroid dienone is 1. The number of carbonyl (C=O) groups excluding carboxylic acids is 1. The lowest BCUT2D eigenvalue weighted by molar-refractivity contribution is -0.139. The maximum atomic E-state index is 12.3. The number of ether oxygens (including phenoxy) is 1. The molecule has 0 saturated heterocycles. The van der Waals surface area contributed by atoms with Gasteiger partial charge in [-0.05, 0) is 50.1 Å². The van der Waals surface area contributed by atoms with Crippen molar-refractivity contribution in [3.05, 3.63) is 71.6 Å². The smallest absolute Gasteiger partial charge is 0.326 e. The van der Waals surface area contributed by atoms with E-state index in [-0.39, 0.29) is 13.0 Å². The van der Waals surface area contributed by atoms with Crippen LogP contribution in [-0.2, 0) is 11.4 Å². The van der Waals surface area contributed by atoms with Gasteiger partial charge >= 0.3 is 5.97 Å². The zero-order valence-corrected chi connectivity index (χ0v) is 14.8. The molecule has 136 valence electrons. The third-order valence-electron chi connectivity index (χ3n) is 3.69. The predicted octanol–water partition coefficient (Wildman–Crippen LogP) is 3.12. The van der Waals surface area contributed by atoms with Crippen molar-refractivity contribution in [2.75, 3.05) is 0 Å². The van der Waals surface area contributed by atoms with Gasteiger partial charge in [-0.1, -0.05) is 24.3 Å². The Balaban J connectivity index is 2.01. The molecule has 1 heterocycles. The van der Waals surface area contributed by atoms with Crippen LogP contribution in [0.3, 0.4) is 0 Å². The first kappa shape index (κ1) is 19.2. The second-order valence-electron chi connectivity index (χ2n) is 5.79. The van der Waals surface area contributed by atoms with Crippen molar-refractivity contribution in [3.63, 3.8) is 0 Å². The third-order valence-corrected chi connectivity index (χ3v) is 3.69. The van der Waals surface area contributed by atoms with Crippen LogP contribution in [0.5, 0.6) is 5.75 Å². The summed E-state index contributed by atoms with van der Waals surface area (Å²) in [5, 5.41) is 11.7. The van der Waals surface area contributed by atoms with Gasteiger partial charge in [-0.15, -0.1) is 0 Å². The number of benzene rings is 1. The van der Waals surface area contributed by atoms with Gasteiger partial charge in [0.2, 0.25) is 0 Å². The van der Waals surface area contributed by atoms with Crippen molar-refractivity contribution in [2.24, 2.45) is 0 Å². The summed E-state index contributed by atoms with van der Waals surface area (Å²) in [4.78, 5) is 27.7. The summed E-state index contributed by atoms with van der Waals surface area (Å²) in [5.74, 6) is -0.855. The normalized spacial score (nSPS) is 11.9. The molecule has 2 rings (SSSR count). The monoisotopic (exact) mass is 354 g/mol. The quantitative estimate of drug-likeness (QED) is 0.711. The molecule has 0 aliphatic rings. The Morgan fingerprint density at radius 2 is 2.12 bits per heavy atom. The summed E-state index contributed by atoms with van der Waals surface area (Å²) >= 11 is 0. The molecule has 2 N–H and O–H groups in total. The molecule has 1 amide bonds.